The lowest BCUT2D eigenvalue weighted by molar-refractivity contribution is -0.111. The van der Waals surface area contributed by atoms with Gasteiger partial charge in [-0.25, -0.2) is 0 Å². The fourth-order valence-electron chi connectivity index (χ4n) is 1.64. The molecular weight excluding hydrogens is 280 g/mol. The first-order valence-corrected chi connectivity index (χ1v) is 6.14. The highest BCUT2D eigenvalue weighted by Crippen LogP contribution is 2.25. The molecule has 0 fully saturated rings. The number of benzene rings is 1. The molecule has 2 rings (SSSR count). The highest BCUT2D eigenvalue weighted by Gasteiger charge is 2.10. The Morgan fingerprint density at radius 1 is 1.29 bits per heavy atom. The van der Waals surface area contributed by atoms with Crippen molar-refractivity contribution < 1.29 is 22.7 Å². The van der Waals surface area contributed by atoms with Crippen LogP contribution in [0.2, 0.25) is 0 Å². The van der Waals surface area contributed by atoms with Crippen LogP contribution in [0.3, 0.4) is 0 Å². The maximum atomic E-state index is 12.2. The number of nitrogens with one attached hydrogen (secondary N) is 1. The van der Waals surface area contributed by atoms with Gasteiger partial charge in [-0.05, 0) is 37.3 Å². The Bertz CT molecular complexity index is 650. The lowest BCUT2D eigenvalue weighted by Gasteiger charge is -2.10. The number of furan rings is 1. The van der Waals surface area contributed by atoms with Crippen LogP contribution in [-0.4, -0.2) is 12.5 Å². The molecule has 1 heterocycles. The van der Waals surface area contributed by atoms with E-state index in [0.717, 1.165) is 5.76 Å². The van der Waals surface area contributed by atoms with Gasteiger partial charge in [0, 0.05) is 6.08 Å². The van der Waals surface area contributed by atoms with E-state index in [1.807, 2.05) is 0 Å². The van der Waals surface area contributed by atoms with Crippen LogP contribution in [0.25, 0.3) is 6.08 Å². The van der Waals surface area contributed by atoms with E-state index in [-0.39, 0.29) is 11.4 Å². The average molecular weight is 293 g/mol. The molecule has 0 aliphatic heterocycles. The molecule has 21 heavy (non-hydrogen) atoms. The topological polar surface area (TPSA) is 51.5 Å². The molecule has 0 saturated carbocycles. The Balaban J connectivity index is 2.04. The summed E-state index contributed by atoms with van der Waals surface area (Å²) in [5, 5.41) is 2.47. The van der Waals surface area contributed by atoms with E-state index >= 15 is 0 Å². The molecule has 110 valence electrons. The number of carbonyl (C=O) groups excluding carboxylic acids is 1. The van der Waals surface area contributed by atoms with Crippen LogP contribution in [0.5, 0.6) is 5.75 Å². The van der Waals surface area contributed by atoms with Crippen LogP contribution in [0.4, 0.5) is 14.5 Å². The molecule has 0 saturated heterocycles. The smallest absolute Gasteiger partial charge is 0.387 e. The molecule has 2 aromatic rings. The van der Waals surface area contributed by atoms with Crippen LogP contribution < -0.4 is 10.1 Å². The van der Waals surface area contributed by atoms with Crippen molar-refractivity contribution in [3.05, 3.63) is 54.0 Å². The number of amides is 1. The van der Waals surface area contributed by atoms with E-state index in [9.17, 15) is 13.6 Å². The first kappa shape index (κ1) is 14.8. The molecule has 1 aromatic carbocycles. The molecule has 6 heteroatoms. The van der Waals surface area contributed by atoms with Crippen molar-refractivity contribution in [2.45, 2.75) is 13.5 Å². The molecule has 0 bridgehead atoms. The SMILES string of the molecule is Cc1ccc(C=CC(=O)Nc2ccccc2OC(F)F)o1. The minimum atomic E-state index is -2.95. The van der Waals surface area contributed by atoms with Crippen LogP contribution in [0, 0.1) is 6.92 Å². The van der Waals surface area contributed by atoms with Crippen LogP contribution in [0.15, 0.2) is 46.9 Å². The normalized spacial score (nSPS) is 11.0. The van der Waals surface area contributed by atoms with Crippen LogP contribution in [0.1, 0.15) is 11.5 Å². The average Bonchev–Trinajstić information content (AvgIpc) is 2.84. The van der Waals surface area contributed by atoms with Gasteiger partial charge in [-0.2, -0.15) is 8.78 Å². The monoisotopic (exact) mass is 293 g/mol. The summed E-state index contributed by atoms with van der Waals surface area (Å²) in [4.78, 5) is 11.7. The van der Waals surface area contributed by atoms with Crippen LogP contribution >= 0.6 is 0 Å². The first-order valence-electron chi connectivity index (χ1n) is 6.14. The molecule has 0 spiro atoms. The van der Waals surface area contributed by atoms with Crippen molar-refractivity contribution in [1.29, 1.82) is 0 Å². The Hall–Kier alpha value is -2.63. The predicted octanol–water partition coefficient (Wildman–Crippen LogP) is 3.84. The second-order valence-electron chi connectivity index (χ2n) is 4.15. The first-order chi connectivity index (χ1) is 10.0. The van der Waals surface area contributed by atoms with Gasteiger partial charge in [0.25, 0.3) is 0 Å². The maximum Gasteiger partial charge on any atom is 0.387 e. The number of rotatable bonds is 5. The highest BCUT2D eigenvalue weighted by molar-refractivity contribution is 6.02. The molecular formula is C15H13F2NO3. The number of para-hydroxylation sites is 2. The minimum Gasteiger partial charge on any atom is -0.462 e. The van der Waals surface area contributed by atoms with Gasteiger partial charge in [-0.15, -0.1) is 0 Å². The minimum absolute atomic E-state index is 0.0944. The number of hydrogen-bond donors (Lipinski definition) is 1. The third-order valence-corrected chi connectivity index (χ3v) is 2.52. The van der Waals surface area contributed by atoms with E-state index in [2.05, 4.69) is 10.1 Å². The standard InChI is InChI=1S/C15H13F2NO3/c1-10-6-7-11(20-10)8-9-14(19)18-12-4-2-3-5-13(12)21-15(16)17/h2-9,15H,1H3,(H,18,19). The van der Waals surface area contributed by atoms with Crippen molar-refractivity contribution in [3.63, 3.8) is 0 Å². The molecule has 0 radical (unpaired) electrons. The number of anilines is 1. The summed E-state index contributed by atoms with van der Waals surface area (Å²) in [7, 11) is 0. The van der Waals surface area contributed by atoms with Crippen molar-refractivity contribution in [2.75, 3.05) is 5.32 Å². The zero-order valence-corrected chi connectivity index (χ0v) is 11.2. The molecule has 1 aromatic heterocycles. The number of hydrogen-bond acceptors (Lipinski definition) is 3. The summed E-state index contributed by atoms with van der Waals surface area (Å²) < 4.78 is 34.1. The number of aryl methyl sites for hydroxylation is 1. The lowest BCUT2D eigenvalue weighted by atomic mass is 10.3. The molecule has 0 aliphatic carbocycles. The number of carbonyl (C=O) groups is 1. The van der Waals surface area contributed by atoms with Gasteiger partial charge in [0.05, 0.1) is 5.69 Å². The molecule has 0 unspecified atom stereocenters. The lowest BCUT2D eigenvalue weighted by Crippen LogP contribution is -2.11. The predicted molar refractivity (Wildman–Crippen MR) is 74.2 cm³/mol. The van der Waals surface area contributed by atoms with Gasteiger partial charge in [0.15, 0.2) is 0 Å². The van der Waals surface area contributed by atoms with E-state index < -0.39 is 12.5 Å². The third-order valence-electron chi connectivity index (χ3n) is 2.52. The molecule has 1 amide bonds. The Morgan fingerprint density at radius 2 is 2.05 bits per heavy atom. The summed E-state index contributed by atoms with van der Waals surface area (Å²) in [6.07, 6.45) is 2.73. The largest absolute Gasteiger partial charge is 0.462 e. The highest BCUT2D eigenvalue weighted by atomic mass is 19.3. The molecule has 1 N–H and O–H groups in total. The number of ether oxygens (including phenoxy) is 1. The number of alkyl halides is 2. The summed E-state index contributed by atoms with van der Waals surface area (Å²) in [5.74, 6) is 0.683. The molecule has 4 nitrogen and oxygen atoms in total. The van der Waals surface area contributed by atoms with Crippen molar-refractivity contribution in [3.8, 4) is 5.75 Å². The maximum absolute atomic E-state index is 12.2. The summed E-state index contributed by atoms with van der Waals surface area (Å²) in [5.41, 5.74) is 0.170. The van der Waals surface area contributed by atoms with Gasteiger partial charge in [-0.3, -0.25) is 4.79 Å². The second kappa shape index (κ2) is 6.69. The van der Waals surface area contributed by atoms with E-state index in [1.165, 1.54) is 30.4 Å². The van der Waals surface area contributed by atoms with Gasteiger partial charge in [-0.1, -0.05) is 12.1 Å². The zero-order valence-electron chi connectivity index (χ0n) is 11.2. The quantitative estimate of drug-likeness (QED) is 0.852. The fourth-order valence-corrected chi connectivity index (χ4v) is 1.64. The molecule has 0 atom stereocenters. The van der Waals surface area contributed by atoms with Gasteiger partial charge in [0.1, 0.15) is 17.3 Å². The van der Waals surface area contributed by atoms with Crippen molar-refractivity contribution in [1.82, 2.24) is 0 Å². The van der Waals surface area contributed by atoms with Gasteiger partial charge in [0.2, 0.25) is 5.91 Å². The van der Waals surface area contributed by atoms with E-state index in [1.54, 1.807) is 25.1 Å². The number of halogens is 2. The Labute approximate surface area is 120 Å². The second-order valence-corrected chi connectivity index (χ2v) is 4.15. The summed E-state index contributed by atoms with van der Waals surface area (Å²) in [6, 6.07) is 9.45. The molecule has 0 aliphatic rings. The fraction of sp³-hybridized carbons (Fsp3) is 0.133. The summed E-state index contributed by atoms with van der Waals surface area (Å²) >= 11 is 0. The van der Waals surface area contributed by atoms with Crippen molar-refractivity contribution in [2.24, 2.45) is 0 Å². The Kier molecular flexibility index (Phi) is 4.71. The van der Waals surface area contributed by atoms with Crippen LogP contribution in [-0.2, 0) is 4.79 Å². The van der Waals surface area contributed by atoms with Crippen molar-refractivity contribution >= 4 is 17.7 Å². The van der Waals surface area contributed by atoms with Gasteiger partial charge < -0.3 is 14.5 Å². The third kappa shape index (κ3) is 4.45. The van der Waals surface area contributed by atoms with E-state index in [4.69, 9.17) is 4.42 Å². The Morgan fingerprint density at radius 3 is 2.71 bits per heavy atom. The van der Waals surface area contributed by atoms with E-state index in [0.29, 0.717) is 5.76 Å². The van der Waals surface area contributed by atoms with Gasteiger partial charge >= 0.3 is 6.61 Å². The zero-order chi connectivity index (χ0) is 15.2. The summed E-state index contributed by atoms with van der Waals surface area (Å²) in [6.45, 7) is -1.17.